The Kier molecular flexibility index (Phi) is 4.82. The number of benzene rings is 5. The van der Waals surface area contributed by atoms with Crippen LogP contribution in [0.3, 0.4) is 0 Å². The lowest BCUT2D eigenvalue weighted by molar-refractivity contribution is 0.594. The number of aromatic nitrogens is 3. The number of sulfone groups is 1. The second-order valence-corrected chi connectivity index (χ2v) is 12.0. The fraction of sp³-hybridized carbons (Fsp3) is 0.0588. The average Bonchev–Trinajstić information content (AvgIpc) is 3.38. The first-order valence-corrected chi connectivity index (χ1v) is 14.8. The fourth-order valence-electron chi connectivity index (χ4n) is 6.31. The molecule has 1 aliphatic rings. The number of hydrogen-bond acceptors (Lipinski definition) is 4. The van der Waals surface area contributed by atoms with E-state index in [0.29, 0.717) is 32.9 Å². The Hall–Kier alpha value is -4.81. The highest BCUT2D eigenvalue weighted by Crippen LogP contribution is 2.46. The third-order valence-electron chi connectivity index (χ3n) is 7.97. The van der Waals surface area contributed by atoms with Crippen molar-refractivity contribution in [2.45, 2.75) is 23.1 Å². The summed E-state index contributed by atoms with van der Waals surface area (Å²) in [5.74, 6) is 0.845. The van der Waals surface area contributed by atoms with Crippen LogP contribution in [0.2, 0.25) is 0 Å². The summed E-state index contributed by atoms with van der Waals surface area (Å²) in [4.78, 5) is 9.83. The molecule has 0 saturated carbocycles. The average molecular weight is 538 g/mol. The molecule has 0 fully saturated rings. The molecule has 1 aliphatic heterocycles. The number of rotatable bonds is 3. The number of fused-ring (bicyclic) bond motifs is 4. The first kappa shape index (κ1) is 23.1. The minimum atomic E-state index is -3.70. The molecule has 0 unspecified atom stereocenters. The third-order valence-corrected chi connectivity index (χ3v) is 9.81. The summed E-state index contributed by atoms with van der Waals surface area (Å²) in [6.07, 6.45) is 4.38. The molecule has 5 nitrogen and oxygen atoms in total. The topological polar surface area (TPSA) is 64.8 Å². The van der Waals surface area contributed by atoms with Gasteiger partial charge in [0.2, 0.25) is 9.84 Å². The van der Waals surface area contributed by atoms with Crippen LogP contribution in [0.25, 0.3) is 60.5 Å². The highest BCUT2D eigenvalue weighted by Gasteiger charge is 2.33. The molecule has 8 rings (SSSR count). The first-order valence-electron chi connectivity index (χ1n) is 13.3. The van der Waals surface area contributed by atoms with Crippen LogP contribution in [0.15, 0.2) is 119 Å². The SMILES string of the molecule is CCc1nc2cccc3c2n1-c1cc(-c2c4ccccc4c(-c4cccnc4)c4ccccc24)ccc1S3(=O)=O. The molecule has 0 amide bonds. The summed E-state index contributed by atoms with van der Waals surface area (Å²) in [6.45, 7) is 2.05. The second-order valence-electron chi connectivity index (χ2n) is 10.1. The van der Waals surface area contributed by atoms with E-state index in [1.54, 1.807) is 24.4 Å². The Morgan fingerprint density at radius 1 is 0.700 bits per heavy atom. The standard InChI is InChI=1S/C34H23N3O2S/c1-2-31-36-27-14-7-15-30-34(27)37(31)28-19-21(16-17-29(28)40(30,38)39)32-23-10-3-5-12-25(23)33(22-9-8-18-35-20-22)26-13-6-4-11-24(26)32/h3-20H,2H2,1H3. The van der Waals surface area contributed by atoms with Crippen LogP contribution in [-0.2, 0) is 16.3 Å². The summed E-state index contributed by atoms with van der Waals surface area (Å²) >= 11 is 0. The van der Waals surface area contributed by atoms with Gasteiger partial charge in [-0.1, -0.05) is 73.7 Å². The van der Waals surface area contributed by atoms with Gasteiger partial charge < -0.3 is 0 Å². The molecule has 5 aromatic carbocycles. The molecule has 0 radical (unpaired) electrons. The zero-order chi connectivity index (χ0) is 27.0. The molecule has 2 aromatic heterocycles. The van der Waals surface area contributed by atoms with Crippen molar-refractivity contribution in [1.82, 2.24) is 14.5 Å². The van der Waals surface area contributed by atoms with Gasteiger partial charge in [0.25, 0.3) is 0 Å². The summed E-state index contributed by atoms with van der Waals surface area (Å²) in [5, 5.41) is 4.45. The second kappa shape index (κ2) is 8.34. The summed E-state index contributed by atoms with van der Waals surface area (Å²) in [7, 11) is -3.70. The Morgan fingerprint density at radius 2 is 1.38 bits per heavy atom. The zero-order valence-electron chi connectivity index (χ0n) is 21.7. The number of pyridine rings is 1. The van der Waals surface area contributed by atoms with E-state index in [0.717, 1.165) is 49.6 Å². The molecule has 40 heavy (non-hydrogen) atoms. The monoisotopic (exact) mass is 537 g/mol. The van der Waals surface area contributed by atoms with Crippen molar-refractivity contribution < 1.29 is 8.42 Å². The molecule has 0 aliphatic carbocycles. The predicted octanol–water partition coefficient (Wildman–Crippen LogP) is 7.77. The van der Waals surface area contributed by atoms with Crippen LogP contribution in [0, 0.1) is 0 Å². The van der Waals surface area contributed by atoms with Gasteiger partial charge in [-0.3, -0.25) is 9.55 Å². The normalized spacial score (nSPS) is 13.6. The number of imidazole rings is 1. The highest BCUT2D eigenvalue weighted by atomic mass is 32.2. The maximum Gasteiger partial charge on any atom is 0.210 e. The number of hydrogen-bond donors (Lipinski definition) is 0. The molecule has 0 saturated heterocycles. The van der Waals surface area contributed by atoms with Gasteiger partial charge in [0.05, 0.1) is 26.5 Å². The zero-order valence-corrected chi connectivity index (χ0v) is 22.5. The van der Waals surface area contributed by atoms with Crippen molar-refractivity contribution in [3.05, 3.63) is 115 Å². The van der Waals surface area contributed by atoms with Crippen LogP contribution in [0.1, 0.15) is 12.7 Å². The Balaban J connectivity index is 1.50. The van der Waals surface area contributed by atoms with Gasteiger partial charge in [-0.2, -0.15) is 0 Å². The predicted molar refractivity (Wildman–Crippen MR) is 160 cm³/mol. The largest absolute Gasteiger partial charge is 0.294 e. The molecular formula is C34H23N3O2S. The number of nitrogens with zero attached hydrogens (tertiary/aromatic N) is 3. The van der Waals surface area contributed by atoms with E-state index in [2.05, 4.69) is 66.5 Å². The van der Waals surface area contributed by atoms with Crippen molar-refractivity contribution in [1.29, 1.82) is 0 Å². The van der Waals surface area contributed by atoms with Crippen molar-refractivity contribution in [3.63, 3.8) is 0 Å². The van der Waals surface area contributed by atoms with Crippen molar-refractivity contribution in [2.75, 3.05) is 0 Å². The van der Waals surface area contributed by atoms with Crippen molar-refractivity contribution in [3.8, 4) is 27.9 Å². The molecule has 192 valence electrons. The van der Waals surface area contributed by atoms with Crippen molar-refractivity contribution in [2.24, 2.45) is 0 Å². The summed E-state index contributed by atoms with van der Waals surface area (Å²) < 4.78 is 29.7. The number of para-hydroxylation sites is 1. The molecule has 0 bridgehead atoms. The third kappa shape index (κ3) is 3.05. The van der Waals surface area contributed by atoms with Gasteiger partial charge in [-0.25, -0.2) is 13.4 Å². The van der Waals surface area contributed by atoms with E-state index in [1.807, 2.05) is 35.0 Å². The smallest absolute Gasteiger partial charge is 0.210 e. The molecule has 6 heteroatoms. The van der Waals surface area contributed by atoms with Crippen LogP contribution in [0.5, 0.6) is 0 Å². The minimum Gasteiger partial charge on any atom is -0.294 e. The lowest BCUT2D eigenvalue weighted by Crippen LogP contribution is -2.16. The van der Waals surface area contributed by atoms with Crippen LogP contribution < -0.4 is 0 Å². The van der Waals surface area contributed by atoms with Gasteiger partial charge in [-0.15, -0.1) is 0 Å². The van der Waals surface area contributed by atoms with E-state index in [4.69, 9.17) is 4.98 Å². The Labute approximate surface area is 231 Å². The quantitative estimate of drug-likeness (QED) is 0.216. The van der Waals surface area contributed by atoms with Gasteiger partial charge in [-0.05, 0) is 68.6 Å². The van der Waals surface area contributed by atoms with Crippen LogP contribution in [-0.4, -0.2) is 23.0 Å². The van der Waals surface area contributed by atoms with Gasteiger partial charge in [0.15, 0.2) is 0 Å². The molecule has 0 N–H and O–H groups in total. The van der Waals surface area contributed by atoms with E-state index in [1.165, 1.54) is 0 Å². The molecule has 7 aromatic rings. The first-order chi connectivity index (χ1) is 19.6. The van der Waals surface area contributed by atoms with Gasteiger partial charge in [0, 0.05) is 24.4 Å². The van der Waals surface area contributed by atoms with Gasteiger partial charge in [0.1, 0.15) is 5.82 Å². The number of aryl methyl sites for hydroxylation is 1. The fourth-order valence-corrected chi connectivity index (χ4v) is 7.93. The lowest BCUT2D eigenvalue weighted by Gasteiger charge is -2.23. The Morgan fingerprint density at radius 3 is 2.00 bits per heavy atom. The molecule has 0 spiro atoms. The van der Waals surface area contributed by atoms with Crippen LogP contribution >= 0.6 is 0 Å². The van der Waals surface area contributed by atoms with E-state index >= 15 is 0 Å². The minimum absolute atomic E-state index is 0.310. The molecule has 0 atom stereocenters. The van der Waals surface area contributed by atoms with E-state index in [9.17, 15) is 8.42 Å². The summed E-state index contributed by atoms with van der Waals surface area (Å²) in [6, 6.07) is 32.0. The van der Waals surface area contributed by atoms with E-state index < -0.39 is 9.84 Å². The summed E-state index contributed by atoms with van der Waals surface area (Å²) in [5.41, 5.74) is 6.25. The maximum atomic E-state index is 13.8. The maximum absolute atomic E-state index is 13.8. The van der Waals surface area contributed by atoms with Crippen LogP contribution in [0.4, 0.5) is 0 Å². The Bertz CT molecular complexity index is 2210. The highest BCUT2D eigenvalue weighted by molar-refractivity contribution is 7.92. The lowest BCUT2D eigenvalue weighted by atomic mass is 9.86. The molecule has 3 heterocycles. The molecular weight excluding hydrogens is 514 g/mol. The van der Waals surface area contributed by atoms with Gasteiger partial charge >= 0.3 is 0 Å². The van der Waals surface area contributed by atoms with E-state index in [-0.39, 0.29) is 0 Å². The van der Waals surface area contributed by atoms with Crippen molar-refractivity contribution >= 4 is 42.4 Å².